The number of nitrogens with zero attached hydrogens (tertiary/aromatic N) is 1. The summed E-state index contributed by atoms with van der Waals surface area (Å²) in [5.74, 6) is 5.72. The van der Waals surface area contributed by atoms with E-state index in [9.17, 15) is 0 Å². The van der Waals surface area contributed by atoms with Gasteiger partial charge in [-0.05, 0) is 49.4 Å². The first-order valence-electron chi connectivity index (χ1n) is 6.55. The van der Waals surface area contributed by atoms with E-state index in [2.05, 4.69) is 61.5 Å². The highest BCUT2D eigenvalue weighted by molar-refractivity contribution is 5.30. The maximum atomic E-state index is 5.72. The molecule has 3 N–H and O–H groups in total. The van der Waals surface area contributed by atoms with Crippen LogP contribution < -0.4 is 11.3 Å². The van der Waals surface area contributed by atoms with E-state index in [1.165, 1.54) is 22.3 Å². The number of pyridine rings is 1. The van der Waals surface area contributed by atoms with Crippen LogP contribution in [-0.2, 0) is 6.42 Å². The Labute approximate surface area is 114 Å². The lowest BCUT2D eigenvalue weighted by molar-refractivity contribution is 0.534. The summed E-state index contributed by atoms with van der Waals surface area (Å²) in [7, 11) is 0. The summed E-state index contributed by atoms with van der Waals surface area (Å²) >= 11 is 0. The molecule has 0 aliphatic rings. The van der Waals surface area contributed by atoms with Crippen LogP contribution in [0.2, 0.25) is 0 Å². The second-order valence-corrected chi connectivity index (χ2v) is 5.06. The minimum atomic E-state index is 0.0432. The van der Waals surface area contributed by atoms with Crippen molar-refractivity contribution in [3.05, 3.63) is 64.5 Å². The molecule has 0 bridgehead atoms. The van der Waals surface area contributed by atoms with Crippen LogP contribution in [0.25, 0.3) is 0 Å². The van der Waals surface area contributed by atoms with E-state index >= 15 is 0 Å². The molecule has 0 radical (unpaired) electrons. The van der Waals surface area contributed by atoms with Gasteiger partial charge in [-0.15, -0.1) is 0 Å². The highest BCUT2D eigenvalue weighted by Crippen LogP contribution is 2.21. The van der Waals surface area contributed by atoms with Crippen LogP contribution in [0.3, 0.4) is 0 Å². The Balaban J connectivity index is 2.28. The molecule has 2 rings (SSSR count). The molecule has 0 fully saturated rings. The molecule has 0 spiro atoms. The monoisotopic (exact) mass is 255 g/mol. The van der Waals surface area contributed by atoms with Crippen molar-refractivity contribution in [1.29, 1.82) is 0 Å². The molecule has 1 atom stereocenters. The van der Waals surface area contributed by atoms with Gasteiger partial charge in [0.05, 0.1) is 11.7 Å². The topological polar surface area (TPSA) is 50.9 Å². The quantitative estimate of drug-likeness (QED) is 0.652. The van der Waals surface area contributed by atoms with Gasteiger partial charge in [0.2, 0.25) is 0 Å². The lowest BCUT2D eigenvalue weighted by atomic mass is 9.97. The fraction of sp³-hybridized carbons (Fsp3) is 0.312. The number of benzene rings is 1. The van der Waals surface area contributed by atoms with Gasteiger partial charge in [-0.2, -0.15) is 0 Å². The van der Waals surface area contributed by atoms with E-state index in [1.54, 1.807) is 0 Å². The summed E-state index contributed by atoms with van der Waals surface area (Å²) in [5.41, 5.74) is 8.85. The molecule has 3 nitrogen and oxygen atoms in total. The zero-order chi connectivity index (χ0) is 13.8. The number of hydrogen-bond donors (Lipinski definition) is 2. The van der Waals surface area contributed by atoms with E-state index < -0.39 is 0 Å². The van der Waals surface area contributed by atoms with E-state index in [0.717, 1.165) is 12.1 Å². The SMILES string of the molecule is Cc1cnc(C(Cc2ccccc2C)NN)c(C)c1. The molecule has 2 aromatic rings. The molecular formula is C16H21N3. The first kappa shape index (κ1) is 13.7. The predicted octanol–water partition coefficient (Wildman–Crippen LogP) is 2.75. The van der Waals surface area contributed by atoms with Gasteiger partial charge in [0.1, 0.15) is 0 Å². The highest BCUT2D eigenvalue weighted by atomic mass is 15.2. The van der Waals surface area contributed by atoms with Crippen molar-refractivity contribution >= 4 is 0 Å². The number of aryl methyl sites for hydroxylation is 3. The summed E-state index contributed by atoms with van der Waals surface area (Å²) in [5, 5.41) is 0. The molecule has 1 unspecified atom stereocenters. The molecule has 0 saturated carbocycles. The molecule has 1 aromatic heterocycles. The van der Waals surface area contributed by atoms with Gasteiger partial charge >= 0.3 is 0 Å². The van der Waals surface area contributed by atoms with Crippen molar-refractivity contribution in [1.82, 2.24) is 10.4 Å². The average molecular weight is 255 g/mol. The molecule has 19 heavy (non-hydrogen) atoms. The van der Waals surface area contributed by atoms with Crippen molar-refractivity contribution < 1.29 is 0 Å². The number of rotatable bonds is 4. The number of hydrazine groups is 1. The predicted molar refractivity (Wildman–Crippen MR) is 78.7 cm³/mol. The van der Waals surface area contributed by atoms with Crippen molar-refractivity contribution in [2.45, 2.75) is 33.2 Å². The minimum absolute atomic E-state index is 0.0432. The van der Waals surface area contributed by atoms with Crippen LogP contribution in [0.15, 0.2) is 36.5 Å². The van der Waals surface area contributed by atoms with Crippen LogP contribution in [0.5, 0.6) is 0 Å². The summed E-state index contributed by atoms with van der Waals surface area (Å²) in [6, 6.07) is 10.6. The average Bonchev–Trinajstić information content (AvgIpc) is 2.39. The van der Waals surface area contributed by atoms with Gasteiger partial charge in [0, 0.05) is 6.20 Å². The Kier molecular flexibility index (Phi) is 4.30. The van der Waals surface area contributed by atoms with Gasteiger partial charge in [-0.25, -0.2) is 0 Å². The lowest BCUT2D eigenvalue weighted by Crippen LogP contribution is -2.31. The smallest absolute Gasteiger partial charge is 0.0675 e. The maximum absolute atomic E-state index is 5.72. The van der Waals surface area contributed by atoms with Crippen molar-refractivity contribution in [3.63, 3.8) is 0 Å². The van der Waals surface area contributed by atoms with Crippen LogP contribution in [0.4, 0.5) is 0 Å². The summed E-state index contributed by atoms with van der Waals surface area (Å²) in [6.45, 7) is 6.26. The van der Waals surface area contributed by atoms with Crippen molar-refractivity contribution in [3.8, 4) is 0 Å². The van der Waals surface area contributed by atoms with Gasteiger partial charge in [0.15, 0.2) is 0 Å². The number of nitrogens with two attached hydrogens (primary N) is 1. The van der Waals surface area contributed by atoms with Crippen LogP contribution in [0.1, 0.15) is 34.0 Å². The van der Waals surface area contributed by atoms with E-state index in [-0.39, 0.29) is 6.04 Å². The third-order valence-corrected chi connectivity index (χ3v) is 3.47. The first-order valence-corrected chi connectivity index (χ1v) is 6.55. The van der Waals surface area contributed by atoms with E-state index in [4.69, 9.17) is 5.84 Å². The normalized spacial score (nSPS) is 12.4. The molecule has 1 aromatic carbocycles. The number of nitrogens with one attached hydrogen (secondary N) is 1. The third-order valence-electron chi connectivity index (χ3n) is 3.47. The Hall–Kier alpha value is -1.71. The van der Waals surface area contributed by atoms with E-state index in [1.807, 2.05) is 6.20 Å². The molecule has 0 amide bonds. The summed E-state index contributed by atoms with van der Waals surface area (Å²) in [6.07, 6.45) is 2.74. The van der Waals surface area contributed by atoms with Crippen molar-refractivity contribution in [2.75, 3.05) is 0 Å². The third kappa shape index (κ3) is 3.19. The lowest BCUT2D eigenvalue weighted by Gasteiger charge is -2.19. The molecule has 100 valence electrons. The Morgan fingerprint density at radius 2 is 1.89 bits per heavy atom. The minimum Gasteiger partial charge on any atom is -0.271 e. The fourth-order valence-corrected chi connectivity index (χ4v) is 2.38. The molecule has 0 saturated heterocycles. The molecular weight excluding hydrogens is 234 g/mol. The van der Waals surface area contributed by atoms with Crippen LogP contribution >= 0.6 is 0 Å². The molecule has 0 aliphatic carbocycles. The second-order valence-electron chi connectivity index (χ2n) is 5.06. The standard InChI is InChI=1S/C16H21N3/c1-11-8-13(3)16(18-10-11)15(19-17)9-14-7-5-4-6-12(14)2/h4-8,10,15,19H,9,17H2,1-3H3. The van der Waals surface area contributed by atoms with Gasteiger partial charge in [-0.3, -0.25) is 16.3 Å². The van der Waals surface area contributed by atoms with E-state index in [0.29, 0.717) is 0 Å². The Morgan fingerprint density at radius 3 is 2.53 bits per heavy atom. The summed E-state index contributed by atoms with van der Waals surface area (Å²) in [4.78, 5) is 4.53. The van der Waals surface area contributed by atoms with Gasteiger partial charge in [-0.1, -0.05) is 30.3 Å². The molecule has 0 aliphatic heterocycles. The highest BCUT2D eigenvalue weighted by Gasteiger charge is 2.15. The van der Waals surface area contributed by atoms with Gasteiger partial charge in [0.25, 0.3) is 0 Å². The molecule has 3 heteroatoms. The summed E-state index contributed by atoms with van der Waals surface area (Å²) < 4.78 is 0. The number of aromatic nitrogens is 1. The Morgan fingerprint density at radius 1 is 1.16 bits per heavy atom. The van der Waals surface area contributed by atoms with Gasteiger partial charge < -0.3 is 0 Å². The number of hydrogen-bond acceptors (Lipinski definition) is 3. The fourth-order valence-electron chi connectivity index (χ4n) is 2.38. The molecule has 1 heterocycles. The Bertz CT molecular complexity index is 564. The first-order chi connectivity index (χ1) is 9.11. The maximum Gasteiger partial charge on any atom is 0.0675 e. The van der Waals surface area contributed by atoms with Crippen LogP contribution in [0, 0.1) is 20.8 Å². The zero-order valence-corrected chi connectivity index (χ0v) is 11.8. The van der Waals surface area contributed by atoms with Crippen molar-refractivity contribution in [2.24, 2.45) is 5.84 Å². The zero-order valence-electron chi connectivity index (χ0n) is 11.8. The largest absolute Gasteiger partial charge is 0.271 e. The second kappa shape index (κ2) is 5.95. The van der Waals surface area contributed by atoms with Crippen LogP contribution in [-0.4, -0.2) is 4.98 Å².